The van der Waals surface area contributed by atoms with Crippen LogP contribution in [0.15, 0.2) is 48.5 Å². The third kappa shape index (κ3) is 7.03. The summed E-state index contributed by atoms with van der Waals surface area (Å²) in [5.74, 6) is -0.184. The number of amides is 2. The molecule has 0 saturated heterocycles. The number of benzene rings is 2. The molecule has 0 bridgehead atoms. The van der Waals surface area contributed by atoms with Gasteiger partial charge in [0.05, 0.1) is 10.0 Å². The molecule has 0 aromatic heterocycles. The van der Waals surface area contributed by atoms with Gasteiger partial charge >= 0.3 is 0 Å². The maximum Gasteiger partial charge on any atom is 0.243 e. The predicted octanol–water partition coefficient (Wildman–Crippen LogP) is 5.65. The first kappa shape index (κ1) is 24.2. The maximum atomic E-state index is 13.2. The van der Waals surface area contributed by atoms with Gasteiger partial charge in [0.25, 0.3) is 0 Å². The minimum absolute atomic E-state index is 0.0535. The van der Waals surface area contributed by atoms with E-state index in [2.05, 4.69) is 5.32 Å². The Bertz CT molecular complexity index is 842. The number of carbonyl (C=O) groups excluding carboxylic acids is 2. The van der Waals surface area contributed by atoms with Crippen molar-refractivity contribution in [2.24, 2.45) is 0 Å². The molecule has 2 rings (SSSR count). The van der Waals surface area contributed by atoms with Crippen LogP contribution in [0.5, 0.6) is 0 Å². The molecule has 0 spiro atoms. The largest absolute Gasteiger partial charge is 0.352 e. The van der Waals surface area contributed by atoms with Crippen LogP contribution in [-0.2, 0) is 22.6 Å². The molecular weight excluding hydrogens is 419 g/mol. The molecular formula is C24H30Cl2N2O2. The van der Waals surface area contributed by atoms with E-state index in [1.165, 1.54) is 0 Å². The minimum Gasteiger partial charge on any atom is -0.352 e. The number of halogens is 2. The molecule has 2 aromatic rings. The summed E-state index contributed by atoms with van der Waals surface area (Å²) in [6.07, 6.45) is 2.32. The van der Waals surface area contributed by atoms with Gasteiger partial charge in [-0.05, 0) is 49.4 Å². The van der Waals surface area contributed by atoms with E-state index >= 15 is 0 Å². The lowest BCUT2D eigenvalue weighted by molar-refractivity contribution is -0.141. The Balaban J connectivity index is 2.23. The van der Waals surface area contributed by atoms with Crippen molar-refractivity contribution in [2.45, 2.75) is 65.1 Å². The third-order valence-corrected chi connectivity index (χ3v) is 5.93. The van der Waals surface area contributed by atoms with E-state index in [0.717, 1.165) is 17.5 Å². The fourth-order valence-corrected chi connectivity index (χ4v) is 3.56. The zero-order valence-corrected chi connectivity index (χ0v) is 19.3. The van der Waals surface area contributed by atoms with Gasteiger partial charge in [-0.15, -0.1) is 0 Å². The molecule has 0 fully saturated rings. The van der Waals surface area contributed by atoms with E-state index in [9.17, 15) is 9.59 Å². The number of nitrogens with zero attached hydrogens (tertiary/aromatic N) is 1. The van der Waals surface area contributed by atoms with Crippen molar-refractivity contribution < 1.29 is 9.59 Å². The van der Waals surface area contributed by atoms with E-state index in [-0.39, 0.29) is 17.9 Å². The monoisotopic (exact) mass is 448 g/mol. The molecule has 0 aliphatic heterocycles. The molecule has 2 atom stereocenters. The van der Waals surface area contributed by atoms with Crippen LogP contribution < -0.4 is 5.32 Å². The van der Waals surface area contributed by atoms with Crippen LogP contribution in [0.3, 0.4) is 0 Å². The van der Waals surface area contributed by atoms with Gasteiger partial charge in [-0.25, -0.2) is 0 Å². The van der Waals surface area contributed by atoms with Gasteiger partial charge in [-0.3, -0.25) is 9.59 Å². The zero-order valence-electron chi connectivity index (χ0n) is 17.8. The molecule has 0 saturated carbocycles. The van der Waals surface area contributed by atoms with E-state index in [1.807, 2.05) is 57.2 Å². The molecule has 0 aliphatic carbocycles. The average molecular weight is 449 g/mol. The van der Waals surface area contributed by atoms with E-state index in [4.69, 9.17) is 23.2 Å². The Morgan fingerprint density at radius 1 is 0.967 bits per heavy atom. The average Bonchev–Trinajstić information content (AvgIpc) is 2.75. The molecule has 0 aliphatic rings. The zero-order chi connectivity index (χ0) is 22.1. The number of rotatable bonds is 10. The van der Waals surface area contributed by atoms with Crippen molar-refractivity contribution in [3.8, 4) is 0 Å². The Morgan fingerprint density at radius 2 is 1.67 bits per heavy atom. The summed E-state index contributed by atoms with van der Waals surface area (Å²) in [7, 11) is 0. The Morgan fingerprint density at radius 3 is 2.27 bits per heavy atom. The number of hydrogen-bond donors (Lipinski definition) is 1. The Kier molecular flexibility index (Phi) is 9.67. The van der Waals surface area contributed by atoms with Gasteiger partial charge in [-0.1, -0.05) is 73.4 Å². The first-order chi connectivity index (χ1) is 14.3. The smallest absolute Gasteiger partial charge is 0.243 e. The van der Waals surface area contributed by atoms with Gasteiger partial charge in [0, 0.05) is 19.0 Å². The van der Waals surface area contributed by atoms with E-state index < -0.39 is 6.04 Å². The second-order valence-electron chi connectivity index (χ2n) is 7.50. The normalized spacial score (nSPS) is 12.8. The van der Waals surface area contributed by atoms with Crippen LogP contribution in [0.4, 0.5) is 0 Å². The molecule has 0 unspecified atom stereocenters. The van der Waals surface area contributed by atoms with Crippen molar-refractivity contribution >= 4 is 35.0 Å². The van der Waals surface area contributed by atoms with Crippen LogP contribution in [-0.4, -0.2) is 28.8 Å². The second kappa shape index (κ2) is 12.0. The summed E-state index contributed by atoms with van der Waals surface area (Å²) in [5.41, 5.74) is 1.93. The van der Waals surface area contributed by atoms with E-state index in [0.29, 0.717) is 35.9 Å². The Labute approximate surface area is 189 Å². The highest BCUT2D eigenvalue weighted by atomic mass is 35.5. The number of aryl methyl sites for hydroxylation is 1. The fourth-order valence-electron chi connectivity index (χ4n) is 3.23. The summed E-state index contributed by atoms with van der Waals surface area (Å²) >= 11 is 12.2. The standard InChI is InChI=1S/C24H30Cl2N2O2/c1-4-17(3)27-24(30)22(5-2)28(16-19-11-13-20(25)21(26)15-19)23(29)14-12-18-9-7-6-8-10-18/h6-11,13,15,17,22H,4-5,12,14,16H2,1-3H3,(H,27,30)/t17-,22-/m0/s1. The molecule has 162 valence electrons. The molecule has 6 heteroatoms. The Hall–Kier alpha value is -2.04. The summed E-state index contributed by atoms with van der Waals surface area (Å²) in [6.45, 7) is 6.21. The van der Waals surface area contributed by atoms with Crippen molar-refractivity contribution in [3.05, 3.63) is 69.7 Å². The molecule has 30 heavy (non-hydrogen) atoms. The van der Waals surface area contributed by atoms with Crippen LogP contribution in [0, 0.1) is 0 Å². The fraction of sp³-hybridized carbons (Fsp3) is 0.417. The van der Waals surface area contributed by atoms with Crippen molar-refractivity contribution in [1.82, 2.24) is 10.2 Å². The lowest BCUT2D eigenvalue weighted by Gasteiger charge is -2.31. The summed E-state index contributed by atoms with van der Waals surface area (Å²) < 4.78 is 0. The van der Waals surface area contributed by atoms with Crippen LogP contribution >= 0.6 is 23.2 Å². The summed E-state index contributed by atoms with van der Waals surface area (Å²) in [4.78, 5) is 27.8. The van der Waals surface area contributed by atoms with E-state index in [1.54, 1.807) is 17.0 Å². The molecule has 4 nitrogen and oxygen atoms in total. The summed E-state index contributed by atoms with van der Waals surface area (Å²) in [5, 5.41) is 3.91. The van der Waals surface area contributed by atoms with Crippen LogP contribution in [0.25, 0.3) is 0 Å². The second-order valence-corrected chi connectivity index (χ2v) is 8.31. The molecule has 0 radical (unpaired) electrons. The maximum absolute atomic E-state index is 13.2. The van der Waals surface area contributed by atoms with Gasteiger partial charge in [0.2, 0.25) is 11.8 Å². The van der Waals surface area contributed by atoms with Gasteiger partial charge in [0.15, 0.2) is 0 Å². The molecule has 2 aromatic carbocycles. The van der Waals surface area contributed by atoms with Crippen molar-refractivity contribution in [2.75, 3.05) is 0 Å². The number of carbonyl (C=O) groups is 2. The number of nitrogens with one attached hydrogen (secondary N) is 1. The molecule has 0 heterocycles. The van der Waals surface area contributed by atoms with Crippen LogP contribution in [0.2, 0.25) is 10.0 Å². The third-order valence-electron chi connectivity index (χ3n) is 5.19. The van der Waals surface area contributed by atoms with Gasteiger partial charge in [-0.2, -0.15) is 0 Å². The highest BCUT2D eigenvalue weighted by Gasteiger charge is 2.29. The molecule has 2 amide bonds. The van der Waals surface area contributed by atoms with Crippen LogP contribution in [0.1, 0.15) is 51.2 Å². The van der Waals surface area contributed by atoms with Crippen molar-refractivity contribution in [1.29, 1.82) is 0 Å². The highest BCUT2D eigenvalue weighted by Crippen LogP contribution is 2.24. The lowest BCUT2D eigenvalue weighted by Crippen LogP contribution is -2.50. The van der Waals surface area contributed by atoms with Crippen molar-refractivity contribution in [3.63, 3.8) is 0 Å². The highest BCUT2D eigenvalue weighted by molar-refractivity contribution is 6.42. The first-order valence-electron chi connectivity index (χ1n) is 10.4. The molecule has 1 N–H and O–H groups in total. The van der Waals surface area contributed by atoms with Gasteiger partial charge in [0.1, 0.15) is 6.04 Å². The first-order valence-corrected chi connectivity index (χ1v) is 11.2. The topological polar surface area (TPSA) is 49.4 Å². The minimum atomic E-state index is -0.545. The number of hydrogen-bond acceptors (Lipinski definition) is 2. The van der Waals surface area contributed by atoms with Gasteiger partial charge < -0.3 is 10.2 Å². The quantitative estimate of drug-likeness (QED) is 0.510. The lowest BCUT2D eigenvalue weighted by atomic mass is 10.1. The summed E-state index contributed by atoms with van der Waals surface area (Å²) in [6, 6.07) is 14.7. The SMILES string of the molecule is CC[C@H](C)NC(=O)[C@H](CC)N(Cc1ccc(Cl)c(Cl)c1)C(=O)CCc1ccccc1. The predicted molar refractivity (Wildman–Crippen MR) is 124 cm³/mol.